The van der Waals surface area contributed by atoms with Gasteiger partial charge in [0.2, 0.25) is 5.95 Å². The minimum Gasteiger partial charge on any atom is -0.350 e. The molecule has 0 unspecified atom stereocenters. The van der Waals surface area contributed by atoms with Crippen molar-refractivity contribution in [2.45, 2.75) is 12.6 Å². The lowest BCUT2D eigenvalue weighted by molar-refractivity contribution is -0.136. The molecule has 0 atom stereocenters. The summed E-state index contributed by atoms with van der Waals surface area (Å²) in [5, 5.41) is 5.27. The van der Waals surface area contributed by atoms with Crippen LogP contribution in [0, 0.1) is 0 Å². The molecule has 3 rings (SSSR count). The molecule has 1 amide bonds. The summed E-state index contributed by atoms with van der Waals surface area (Å²) in [7, 11) is 0. The SMILES string of the molecule is O=C(NCCc1ccccc1)c1ccnc(Nc2ccccc2C(F)(F)F)n1. The Morgan fingerprint density at radius 2 is 1.68 bits per heavy atom. The van der Waals surface area contributed by atoms with Gasteiger partial charge in [0.15, 0.2) is 0 Å². The second-order valence-corrected chi connectivity index (χ2v) is 5.93. The fourth-order valence-corrected chi connectivity index (χ4v) is 2.56. The molecule has 1 heterocycles. The lowest BCUT2D eigenvalue weighted by Crippen LogP contribution is -2.26. The van der Waals surface area contributed by atoms with E-state index >= 15 is 0 Å². The van der Waals surface area contributed by atoms with Gasteiger partial charge in [0, 0.05) is 12.7 Å². The lowest BCUT2D eigenvalue weighted by Gasteiger charge is -2.13. The van der Waals surface area contributed by atoms with Crippen molar-refractivity contribution in [3.63, 3.8) is 0 Å². The van der Waals surface area contributed by atoms with Crippen molar-refractivity contribution in [1.82, 2.24) is 15.3 Å². The van der Waals surface area contributed by atoms with Crippen molar-refractivity contribution in [2.75, 3.05) is 11.9 Å². The van der Waals surface area contributed by atoms with E-state index in [1.54, 1.807) is 0 Å². The zero-order valence-electron chi connectivity index (χ0n) is 14.7. The molecule has 0 spiro atoms. The first kappa shape index (κ1) is 19.3. The number of alkyl halides is 3. The summed E-state index contributed by atoms with van der Waals surface area (Å²) in [5.74, 6) is -0.516. The monoisotopic (exact) mass is 386 g/mol. The number of halogens is 3. The van der Waals surface area contributed by atoms with Crippen molar-refractivity contribution < 1.29 is 18.0 Å². The van der Waals surface area contributed by atoms with E-state index in [1.165, 1.54) is 30.5 Å². The van der Waals surface area contributed by atoms with Crippen molar-refractivity contribution in [3.05, 3.63) is 83.7 Å². The third kappa shape index (κ3) is 5.06. The molecule has 2 N–H and O–H groups in total. The van der Waals surface area contributed by atoms with Gasteiger partial charge >= 0.3 is 6.18 Å². The number of nitrogens with one attached hydrogen (secondary N) is 2. The molecule has 0 saturated carbocycles. The number of carbonyl (C=O) groups is 1. The van der Waals surface area contributed by atoms with Crippen LogP contribution in [-0.2, 0) is 12.6 Å². The van der Waals surface area contributed by atoms with Crippen molar-refractivity contribution >= 4 is 17.5 Å². The van der Waals surface area contributed by atoms with E-state index in [-0.39, 0.29) is 17.3 Å². The van der Waals surface area contributed by atoms with Crippen LogP contribution in [0.3, 0.4) is 0 Å². The van der Waals surface area contributed by atoms with Gasteiger partial charge in [-0.25, -0.2) is 9.97 Å². The van der Waals surface area contributed by atoms with Gasteiger partial charge < -0.3 is 10.6 Å². The highest BCUT2D eigenvalue weighted by atomic mass is 19.4. The Morgan fingerprint density at radius 1 is 0.964 bits per heavy atom. The maximum Gasteiger partial charge on any atom is 0.418 e. The number of rotatable bonds is 6. The van der Waals surface area contributed by atoms with Crippen LogP contribution in [0.25, 0.3) is 0 Å². The number of hydrogen-bond donors (Lipinski definition) is 2. The highest BCUT2D eigenvalue weighted by molar-refractivity contribution is 5.92. The number of hydrogen-bond acceptors (Lipinski definition) is 4. The molecule has 0 aliphatic heterocycles. The Hall–Kier alpha value is -3.42. The quantitative estimate of drug-likeness (QED) is 0.666. The van der Waals surface area contributed by atoms with E-state index in [9.17, 15) is 18.0 Å². The maximum atomic E-state index is 13.1. The van der Waals surface area contributed by atoms with Crippen molar-refractivity contribution in [2.24, 2.45) is 0 Å². The second kappa shape index (κ2) is 8.51. The second-order valence-electron chi connectivity index (χ2n) is 5.93. The molecule has 1 aromatic heterocycles. The molecule has 0 saturated heterocycles. The number of carbonyl (C=O) groups excluding carboxylic acids is 1. The fourth-order valence-electron chi connectivity index (χ4n) is 2.56. The number of amides is 1. The number of anilines is 2. The molecule has 0 aliphatic carbocycles. The summed E-state index contributed by atoms with van der Waals surface area (Å²) in [6, 6.07) is 16.1. The highest BCUT2D eigenvalue weighted by Crippen LogP contribution is 2.35. The molecule has 0 bridgehead atoms. The summed E-state index contributed by atoms with van der Waals surface area (Å²) >= 11 is 0. The molecule has 5 nitrogen and oxygen atoms in total. The maximum absolute atomic E-state index is 13.1. The summed E-state index contributed by atoms with van der Waals surface area (Å²) in [5.41, 5.74) is 0.125. The third-order valence-corrected chi connectivity index (χ3v) is 3.91. The van der Waals surface area contributed by atoms with E-state index in [0.717, 1.165) is 11.6 Å². The fraction of sp³-hybridized carbons (Fsp3) is 0.150. The lowest BCUT2D eigenvalue weighted by atomic mass is 10.1. The van der Waals surface area contributed by atoms with Gasteiger partial charge in [0.25, 0.3) is 5.91 Å². The van der Waals surface area contributed by atoms with Gasteiger partial charge in [-0.15, -0.1) is 0 Å². The minimum atomic E-state index is -4.52. The topological polar surface area (TPSA) is 66.9 Å². The Morgan fingerprint density at radius 3 is 2.43 bits per heavy atom. The number of aromatic nitrogens is 2. The minimum absolute atomic E-state index is 0.0649. The largest absolute Gasteiger partial charge is 0.418 e. The summed E-state index contributed by atoms with van der Waals surface area (Å²) < 4.78 is 39.3. The number of benzene rings is 2. The molecular weight excluding hydrogens is 369 g/mol. The zero-order chi connectivity index (χ0) is 20.0. The first-order valence-electron chi connectivity index (χ1n) is 8.52. The average Bonchev–Trinajstić information content (AvgIpc) is 2.68. The molecule has 144 valence electrons. The summed E-state index contributed by atoms with van der Waals surface area (Å²) in [6.07, 6.45) is -2.55. The normalized spacial score (nSPS) is 11.1. The van der Waals surface area contributed by atoms with E-state index in [4.69, 9.17) is 0 Å². The predicted octanol–water partition coefficient (Wildman–Crippen LogP) is 4.21. The molecule has 8 heteroatoms. The van der Waals surface area contributed by atoms with Crippen LogP contribution >= 0.6 is 0 Å². The Bertz CT molecular complexity index is 945. The molecule has 0 aliphatic rings. The van der Waals surface area contributed by atoms with Gasteiger partial charge in [0.1, 0.15) is 5.69 Å². The molecule has 2 aromatic carbocycles. The van der Waals surface area contributed by atoms with Gasteiger partial charge in [0.05, 0.1) is 11.3 Å². The Labute approximate surface area is 159 Å². The average molecular weight is 386 g/mol. The zero-order valence-corrected chi connectivity index (χ0v) is 14.7. The molecule has 28 heavy (non-hydrogen) atoms. The predicted molar refractivity (Wildman–Crippen MR) is 99.2 cm³/mol. The Kier molecular flexibility index (Phi) is 5.88. The first-order chi connectivity index (χ1) is 13.4. The van der Waals surface area contributed by atoms with E-state index in [1.807, 2.05) is 30.3 Å². The van der Waals surface area contributed by atoms with Gasteiger partial charge in [-0.1, -0.05) is 42.5 Å². The van der Waals surface area contributed by atoms with Crippen LogP contribution in [0.1, 0.15) is 21.6 Å². The van der Waals surface area contributed by atoms with Crippen LogP contribution < -0.4 is 10.6 Å². The molecular formula is C20H17F3N4O. The summed E-state index contributed by atoms with van der Waals surface area (Å²) in [6.45, 7) is 0.409. The van der Waals surface area contributed by atoms with Crippen LogP contribution in [0.4, 0.5) is 24.8 Å². The van der Waals surface area contributed by atoms with E-state index < -0.39 is 17.6 Å². The van der Waals surface area contributed by atoms with Crippen LogP contribution in [0.2, 0.25) is 0 Å². The first-order valence-corrected chi connectivity index (χ1v) is 8.52. The van der Waals surface area contributed by atoms with Crippen molar-refractivity contribution in [3.8, 4) is 0 Å². The Balaban J connectivity index is 1.66. The molecule has 0 fully saturated rings. The van der Waals surface area contributed by atoms with E-state index in [0.29, 0.717) is 13.0 Å². The highest BCUT2D eigenvalue weighted by Gasteiger charge is 2.33. The third-order valence-electron chi connectivity index (χ3n) is 3.91. The smallest absolute Gasteiger partial charge is 0.350 e. The summed E-state index contributed by atoms with van der Waals surface area (Å²) in [4.78, 5) is 20.2. The van der Waals surface area contributed by atoms with Gasteiger partial charge in [-0.2, -0.15) is 13.2 Å². The van der Waals surface area contributed by atoms with Crippen molar-refractivity contribution in [1.29, 1.82) is 0 Å². The number of nitrogens with zero attached hydrogens (tertiary/aromatic N) is 2. The van der Waals surface area contributed by atoms with Crippen LogP contribution in [-0.4, -0.2) is 22.4 Å². The molecule has 3 aromatic rings. The number of para-hydroxylation sites is 1. The van der Waals surface area contributed by atoms with Crippen LogP contribution in [0.15, 0.2) is 66.9 Å². The van der Waals surface area contributed by atoms with Gasteiger partial charge in [-0.05, 0) is 30.2 Å². The molecule has 0 radical (unpaired) electrons. The van der Waals surface area contributed by atoms with E-state index in [2.05, 4.69) is 20.6 Å². The van der Waals surface area contributed by atoms with Crippen LogP contribution in [0.5, 0.6) is 0 Å². The standard InChI is InChI=1S/C20H17F3N4O/c21-20(22,23)15-8-4-5-9-16(15)26-19-25-13-11-17(27-19)18(28)24-12-10-14-6-2-1-3-7-14/h1-9,11,13H,10,12H2,(H,24,28)(H,25,26,27). The van der Waals surface area contributed by atoms with Gasteiger partial charge in [-0.3, -0.25) is 4.79 Å².